The van der Waals surface area contributed by atoms with Gasteiger partial charge in [0.1, 0.15) is 10.9 Å². The Bertz CT molecular complexity index is 1160. The van der Waals surface area contributed by atoms with E-state index >= 15 is 0 Å². The highest BCUT2D eigenvalue weighted by Gasteiger charge is 2.39. The number of halogens is 3. The van der Waals surface area contributed by atoms with E-state index in [0.717, 1.165) is 12.3 Å². The molecule has 0 fully saturated rings. The summed E-state index contributed by atoms with van der Waals surface area (Å²) >= 11 is 0. The summed E-state index contributed by atoms with van der Waals surface area (Å²) in [5, 5.41) is 0.591. The van der Waals surface area contributed by atoms with Crippen molar-refractivity contribution in [3.05, 3.63) is 48.2 Å². The number of esters is 1. The summed E-state index contributed by atoms with van der Waals surface area (Å²) in [5.74, 6) is -0.614. The van der Waals surface area contributed by atoms with Gasteiger partial charge in [-0.1, -0.05) is 18.2 Å². The van der Waals surface area contributed by atoms with Crippen molar-refractivity contribution >= 4 is 26.9 Å². The number of pyridine rings is 1. The molecule has 29 heavy (non-hydrogen) atoms. The molecule has 0 saturated heterocycles. The van der Waals surface area contributed by atoms with E-state index in [4.69, 9.17) is 4.74 Å². The van der Waals surface area contributed by atoms with E-state index in [9.17, 15) is 26.4 Å². The number of sulfonamides is 1. The first-order valence-electron chi connectivity index (χ1n) is 8.29. The van der Waals surface area contributed by atoms with Crippen LogP contribution < -0.4 is 4.72 Å². The average Bonchev–Trinajstić information content (AvgIpc) is 3.06. The van der Waals surface area contributed by atoms with Crippen molar-refractivity contribution in [3.63, 3.8) is 0 Å². The number of hydrogen-bond donors (Lipinski definition) is 2. The van der Waals surface area contributed by atoms with Gasteiger partial charge in [0.25, 0.3) is 0 Å². The van der Waals surface area contributed by atoms with Crippen LogP contribution in [0.15, 0.2) is 47.5 Å². The Morgan fingerprint density at radius 2 is 1.90 bits per heavy atom. The number of para-hydroxylation sites is 1. The number of aromatic nitrogens is 2. The van der Waals surface area contributed by atoms with Gasteiger partial charge in [-0.15, -0.1) is 0 Å². The lowest BCUT2D eigenvalue weighted by Crippen LogP contribution is -2.42. The first kappa shape index (κ1) is 20.8. The molecule has 154 valence electrons. The minimum absolute atomic E-state index is 0.218. The van der Waals surface area contributed by atoms with Crippen LogP contribution in [0.4, 0.5) is 13.2 Å². The van der Waals surface area contributed by atoms with Crippen LogP contribution >= 0.6 is 0 Å². The van der Waals surface area contributed by atoms with Gasteiger partial charge in [0.15, 0.2) is 0 Å². The molecular weight excluding hydrogens is 411 g/mol. The van der Waals surface area contributed by atoms with E-state index in [1.807, 2.05) is 0 Å². The summed E-state index contributed by atoms with van der Waals surface area (Å²) in [6.45, 7) is 0.701. The predicted molar refractivity (Wildman–Crippen MR) is 98.7 cm³/mol. The number of benzene rings is 1. The number of aromatic amines is 1. The molecule has 1 atom stereocenters. The number of carbonyl (C=O) groups is 1. The molecule has 0 aliphatic carbocycles. The molecule has 2 heterocycles. The van der Waals surface area contributed by atoms with Crippen LogP contribution in [0.5, 0.6) is 0 Å². The number of methoxy groups -OCH3 is 1. The smallest absolute Gasteiger partial charge is 0.404 e. The molecule has 3 rings (SSSR count). The summed E-state index contributed by atoms with van der Waals surface area (Å²) in [7, 11) is -3.21. The third kappa shape index (κ3) is 4.10. The quantitative estimate of drug-likeness (QED) is 0.609. The fourth-order valence-corrected chi connectivity index (χ4v) is 3.88. The number of hydrogen-bond acceptors (Lipinski definition) is 5. The Morgan fingerprint density at radius 1 is 1.21 bits per heavy atom. The maximum atomic E-state index is 12.6. The number of H-pyrrole nitrogens is 1. The summed E-state index contributed by atoms with van der Waals surface area (Å²) in [6.07, 6.45) is -3.80. The lowest BCUT2D eigenvalue weighted by Gasteiger charge is -2.17. The van der Waals surface area contributed by atoms with Gasteiger partial charge < -0.3 is 9.72 Å². The highest BCUT2D eigenvalue weighted by Crippen LogP contribution is 2.30. The average molecular weight is 427 g/mol. The minimum Gasteiger partial charge on any atom is -0.465 e. The van der Waals surface area contributed by atoms with E-state index in [2.05, 4.69) is 9.97 Å². The van der Waals surface area contributed by atoms with Gasteiger partial charge in [0.05, 0.1) is 24.1 Å². The molecule has 0 aliphatic rings. The molecule has 11 heteroatoms. The maximum Gasteiger partial charge on any atom is 0.404 e. The van der Waals surface area contributed by atoms with Gasteiger partial charge in [-0.2, -0.15) is 17.9 Å². The van der Waals surface area contributed by atoms with Gasteiger partial charge in [-0.25, -0.2) is 13.2 Å². The SMILES string of the molecule is COC(=O)c1c(-c2ccc(S(=O)(=O)NC(C)C(F)(F)F)cn2)[nH]c2ccccc12. The number of nitrogens with zero attached hydrogens (tertiary/aromatic N) is 1. The summed E-state index contributed by atoms with van der Waals surface area (Å²) in [6, 6.07) is 7.11. The van der Waals surface area contributed by atoms with Gasteiger partial charge >= 0.3 is 12.1 Å². The van der Waals surface area contributed by atoms with Crippen LogP contribution in [-0.4, -0.2) is 43.7 Å². The first-order valence-corrected chi connectivity index (χ1v) is 9.77. The lowest BCUT2D eigenvalue weighted by molar-refractivity contribution is -0.147. The standard InChI is InChI=1S/C18H16F3N3O4S/c1-10(18(19,20)21)24-29(26,27)11-7-8-14(22-9-11)16-15(17(25)28-2)12-5-3-4-6-13(12)23-16/h3-10,23-24H,1-2H3. The Labute approximate surface area is 164 Å². The molecule has 2 aromatic heterocycles. The van der Waals surface area contributed by atoms with Crippen LogP contribution in [0.3, 0.4) is 0 Å². The van der Waals surface area contributed by atoms with Crippen LogP contribution in [0.1, 0.15) is 17.3 Å². The topological polar surface area (TPSA) is 101 Å². The molecule has 2 N–H and O–H groups in total. The fraction of sp³-hybridized carbons (Fsp3) is 0.222. The number of carbonyl (C=O) groups excluding carboxylic acids is 1. The van der Waals surface area contributed by atoms with Crippen molar-refractivity contribution in [1.82, 2.24) is 14.7 Å². The van der Waals surface area contributed by atoms with Crippen LogP contribution in [0.25, 0.3) is 22.3 Å². The second kappa shape index (κ2) is 7.48. The van der Waals surface area contributed by atoms with Gasteiger partial charge in [0, 0.05) is 17.1 Å². The summed E-state index contributed by atoms with van der Waals surface area (Å²) < 4.78 is 68.6. The third-order valence-electron chi connectivity index (χ3n) is 4.22. The third-order valence-corrected chi connectivity index (χ3v) is 5.75. The highest BCUT2D eigenvalue weighted by atomic mass is 32.2. The zero-order valence-corrected chi connectivity index (χ0v) is 16.1. The largest absolute Gasteiger partial charge is 0.465 e. The molecule has 7 nitrogen and oxygen atoms in total. The number of alkyl halides is 3. The lowest BCUT2D eigenvalue weighted by atomic mass is 10.1. The Kier molecular flexibility index (Phi) is 5.37. The molecule has 3 aromatic rings. The fourth-order valence-electron chi connectivity index (χ4n) is 2.70. The van der Waals surface area contributed by atoms with E-state index in [0.29, 0.717) is 23.5 Å². The summed E-state index contributed by atoms with van der Waals surface area (Å²) in [5.41, 5.74) is 1.39. The highest BCUT2D eigenvalue weighted by molar-refractivity contribution is 7.89. The van der Waals surface area contributed by atoms with E-state index < -0.39 is 33.1 Å². The molecule has 0 radical (unpaired) electrons. The second-order valence-corrected chi connectivity index (χ2v) is 7.89. The van der Waals surface area contributed by atoms with Crippen LogP contribution in [0.2, 0.25) is 0 Å². The van der Waals surface area contributed by atoms with Gasteiger partial charge in [-0.05, 0) is 25.1 Å². The predicted octanol–water partition coefficient (Wildman–Crippen LogP) is 3.25. The van der Waals surface area contributed by atoms with E-state index in [1.165, 1.54) is 13.2 Å². The van der Waals surface area contributed by atoms with Crippen LogP contribution in [-0.2, 0) is 14.8 Å². The number of ether oxygens (including phenoxy) is 1. The number of rotatable bonds is 5. The van der Waals surface area contributed by atoms with Crippen molar-refractivity contribution in [1.29, 1.82) is 0 Å². The Morgan fingerprint density at radius 3 is 2.48 bits per heavy atom. The molecule has 0 bridgehead atoms. The molecule has 1 aromatic carbocycles. The van der Waals surface area contributed by atoms with Crippen molar-refractivity contribution in [2.75, 3.05) is 7.11 Å². The molecule has 0 amide bonds. The van der Waals surface area contributed by atoms with Crippen molar-refractivity contribution < 1.29 is 31.1 Å². The molecule has 0 aliphatic heterocycles. The number of nitrogens with one attached hydrogen (secondary N) is 2. The van der Waals surface area contributed by atoms with Crippen LogP contribution in [0, 0.1) is 0 Å². The van der Waals surface area contributed by atoms with Crippen molar-refractivity contribution in [3.8, 4) is 11.4 Å². The maximum absolute atomic E-state index is 12.6. The van der Waals surface area contributed by atoms with Crippen molar-refractivity contribution in [2.24, 2.45) is 0 Å². The minimum atomic E-state index is -4.72. The zero-order chi connectivity index (χ0) is 21.4. The summed E-state index contributed by atoms with van der Waals surface area (Å²) in [4.78, 5) is 18.9. The first-order chi connectivity index (χ1) is 13.5. The molecule has 0 saturated carbocycles. The van der Waals surface area contributed by atoms with Gasteiger partial charge in [0.2, 0.25) is 10.0 Å². The van der Waals surface area contributed by atoms with E-state index in [-0.39, 0.29) is 11.3 Å². The second-order valence-electron chi connectivity index (χ2n) is 6.18. The van der Waals surface area contributed by atoms with Crippen molar-refractivity contribution in [2.45, 2.75) is 24.0 Å². The monoisotopic (exact) mass is 427 g/mol. The van der Waals surface area contributed by atoms with Gasteiger partial charge in [-0.3, -0.25) is 4.98 Å². The normalized spacial score (nSPS) is 13.4. The van der Waals surface area contributed by atoms with E-state index in [1.54, 1.807) is 29.0 Å². The Balaban J connectivity index is 2.00. The molecular formula is C18H16F3N3O4S. The molecule has 0 spiro atoms. The molecule has 1 unspecified atom stereocenters. The Hall–Kier alpha value is -2.92. The zero-order valence-electron chi connectivity index (χ0n) is 15.2. The number of fused-ring (bicyclic) bond motifs is 1.